The molecule has 0 spiro atoms. The number of rotatable bonds is 4. The van der Waals surface area contributed by atoms with E-state index in [0.29, 0.717) is 11.5 Å². The van der Waals surface area contributed by atoms with Crippen LogP contribution in [0.4, 0.5) is 5.69 Å². The second-order valence-electron chi connectivity index (χ2n) is 5.22. The lowest BCUT2D eigenvalue weighted by molar-refractivity contribution is -0.385. The van der Waals surface area contributed by atoms with Crippen molar-refractivity contribution >= 4 is 33.7 Å². The highest BCUT2D eigenvalue weighted by atomic mass is 79.9. The number of fused-ring (bicyclic) bond motifs is 1. The van der Waals surface area contributed by atoms with E-state index < -0.39 is 16.9 Å². The highest BCUT2D eigenvalue weighted by Crippen LogP contribution is 2.32. The third-order valence-electron chi connectivity index (χ3n) is 3.47. The molecule has 2 aromatic rings. The fourth-order valence-electron chi connectivity index (χ4n) is 2.20. The quantitative estimate of drug-likeness (QED) is 0.443. The lowest BCUT2D eigenvalue weighted by Crippen LogP contribution is -2.42. The monoisotopic (exact) mass is 421 g/mol. The third-order valence-corrected chi connectivity index (χ3v) is 4.07. The van der Waals surface area contributed by atoms with E-state index in [1.807, 2.05) is 0 Å². The summed E-state index contributed by atoms with van der Waals surface area (Å²) in [4.78, 5) is 22.4. The topological polar surface area (TPSA) is 123 Å². The number of nitrogens with zero attached hydrogens (tertiary/aromatic N) is 2. The van der Waals surface area contributed by atoms with Crippen molar-refractivity contribution in [3.8, 4) is 17.2 Å². The largest absolute Gasteiger partial charge is 0.506 e. The molecule has 0 aromatic heterocycles. The van der Waals surface area contributed by atoms with Crippen molar-refractivity contribution in [1.29, 1.82) is 0 Å². The average Bonchev–Trinajstić information content (AvgIpc) is 2.64. The number of nitro groups is 1. The number of hydrogen-bond donors (Lipinski definition) is 2. The SMILES string of the molecule is O=C(N/N=C\c1cc([N+](=O)[O-])cc(Br)c1O)C1COc2ccccc2O1. The molecule has 2 N–H and O–H groups in total. The first kappa shape index (κ1) is 17.7. The number of amides is 1. The van der Waals surface area contributed by atoms with Crippen LogP contribution in [0.2, 0.25) is 0 Å². The zero-order chi connectivity index (χ0) is 18.7. The summed E-state index contributed by atoms with van der Waals surface area (Å²) in [6.45, 7) is 0.0198. The van der Waals surface area contributed by atoms with Crippen molar-refractivity contribution in [2.75, 3.05) is 6.61 Å². The van der Waals surface area contributed by atoms with E-state index in [9.17, 15) is 20.0 Å². The molecule has 0 saturated carbocycles. The number of aromatic hydroxyl groups is 1. The smallest absolute Gasteiger partial charge is 0.284 e. The molecule has 9 nitrogen and oxygen atoms in total. The number of halogens is 1. The van der Waals surface area contributed by atoms with Gasteiger partial charge in [-0.05, 0) is 28.1 Å². The van der Waals surface area contributed by atoms with Crippen LogP contribution in [-0.2, 0) is 4.79 Å². The van der Waals surface area contributed by atoms with Crippen LogP contribution >= 0.6 is 15.9 Å². The minimum Gasteiger partial charge on any atom is -0.506 e. The number of ether oxygens (including phenoxy) is 2. The summed E-state index contributed by atoms with van der Waals surface area (Å²) >= 11 is 3.02. The van der Waals surface area contributed by atoms with Crippen LogP contribution in [-0.4, -0.2) is 34.9 Å². The summed E-state index contributed by atoms with van der Waals surface area (Å²) < 4.78 is 11.1. The number of nitrogens with one attached hydrogen (secondary N) is 1. The van der Waals surface area contributed by atoms with Crippen molar-refractivity contribution in [3.05, 3.63) is 56.5 Å². The fraction of sp³-hybridized carbons (Fsp3) is 0.125. The van der Waals surface area contributed by atoms with Crippen LogP contribution in [0.3, 0.4) is 0 Å². The Balaban J connectivity index is 1.68. The molecule has 1 aliphatic rings. The lowest BCUT2D eigenvalue weighted by atomic mass is 10.2. The van der Waals surface area contributed by atoms with E-state index >= 15 is 0 Å². The second-order valence-corrected chi connectivity index (χ2v) is 6.08. The van der Waals surface area contributed by atoms with Crippen molar-refractivity contribution in [2.24, 2.45) is 5.10 Å². The Bertz CT molecular complexity index is 902. The van der Waals surface area contributed by atoms with Crippen LogP contribution in [0, 0.1) is 10.1 Å². The van der Waals surface area contributed by atoms with Gasteiger partial charge >= 0.3 is 0 Å². The summed E-state index contributed by atoms with van der Waals surface area (Å²) in [5.41, 5.74) is 2.09. The van der Waals surface area contributed by atoms with Crippen LogP contribution in [0.25, 0.3) is 0 Å². The molecule has 1 atom stereocenters. The maximum Gasteiger partial charge on any atom is 0.284 e. The first-order valence-electron chi connectivity index (χ1n) is 7.34. The van der Waals surface area contributed by atoms with Crippen LogP contribution in [0.1, 0.15) is 5.56 Å². The molecule has 1 aliphatic heterocycles. The summed E-state index contributed by atoms with van der Waals surface area (Å²) in [6.07, 6.45) is 0.204. The highest BCUT2D eigenvalue weighted by molar-refractivity contribution is 9.10. The number of carbonyl (C=O) groups is 1. The second kappa shape index (κ2) is 7.40. The minimum absolute atomic E-state index is 0.0198. The molecular formula is C16H12BrN3O6. The third kappa shape index (κ3) is 3.75. The van der Waals surface area contributed by atoms with Gasteiger partial charge in [0.15, 0.2) is 11.5 Å². The number of carbonyl (C=O) groups excluding carboxylic acids is 1. The number of para-hydroxylation sites is 2. The van der Waals surface area contributed by atoms with Gasteiger partial charge in [-0.15, -0.1) is 0 Å². The van der Waals surface area contributed by atoms with Crippen LogP contribution in [0.5, 0.6) is 17.2 Å². The van der Waals surface area contributed by atoms with Gasteiger partial charge in [0.05, 0.1) is 15.6 Å². The summed E-state index contributed by atoms with van der Waals surface area (Å²) in [7, 11) is 0. The van der Waals surface area contributed by atoms with Gasteiger partial charge in [-0.3, -0.25) is 14.9 Å². The van der Waals surface area contributed by atoms with Gasteiger partial charge < -0.3 is 14.6 Å². The molecule has 0 bridgehead atoms. The summed E-state index contributed by atoms with van der Waals surface area (Å²) in [6, 6.07) is 9.24. The Hall–Kier alpha value is -3.14. The normalized spacial score (nSPS) is 15.7. The Morgan fingerprint density at radius 2 is 2.12 bits per heavy atom. The number of hydrazone groups is 1. The molecule has 134 valence electrons. The van der Waals surface area contributed by atoms with Gasteiger partial charge in [0.25, 0.3) is 11.6 Å². The zero-order valence-corrected chi connectivity index (χ0v) is 14.7. The van der Waals surface area contributed by atoms with E-state index in [2.05, 4.69) is 26.5 Å². The van der Waals surface area contributed by atoms with E-state index in [0.717, 1.165) is 18.3 Å². The van der Waals surface area contributed by atoms with Gasteiger partial charge in [0, 0.05) is 17.7 Å². The molecule has 0 radical (unpaired) electrons. The lowest BCUT2D eigenvalue weighted by Gasteiger charge is -2.24. The molecule has 10 heteroatoms. The molecular weight excluding hydrogens is 410 g/mol. The van der Waals surface area contributed by atoms with E-state index in [-0.39, 0.29) is 28.1 Å². The van der Waals surface area contributed by atoms with Gasteiger partial charge in [0.1, 0.15) is 12.4 Å². The molecule has 26 heavy (non-hydrogen) atoms. The molecule has 1 heterocycles. The maximum atomic E-state index is 12.1. The highest BCUT2D eigenvalue weighted by Gasteiger charge is 2.27. The van der Waals surface area contributed by atoms with Gasteiger partial charge in [-0.25, -0.2) is 5.43 Å². The molecule has 0 aliphatic carbocycles. The van der Waals surface area contributed by atoms with E-state index in [1.54, 1.807) is 24.3 Å². The number of phenols is 1. The number of hydrogen-bond acceptors (Lipinski definition) is 7. The van der Waals surface area contributed by atoms with E-state index in [4.69, 9.17) is 9.47 Å². The Morgan fingerprint density at radius 1 is 1.38 bits per heavy atom. The number of phenolic OH excluding ortho intramolecular Hbond substituents is 1. The first-order chi connectivity index (χ1) is 12.5. The summed E-state index contributed by atoms with van der Waals surface area (Å²) in [5.74, 6) is 0.203. The zero-order valence-electron chi connectivity index (χ0n) is 13.1. The van der Waals surface area contributed by atoms with Crippen molar-refractivity contribution < 1.29 is 24.3 Å². The van der Waals surface area contributed by atoms with Crippen LogP contribution in [0.15, 0.2) is 46.0 Å². The standard InChI is InChI=1S/C16H12BrN3O6/c17-11-6-10(20(23)24)5-9(15(11)21)7-18-19-16(22)14-8-25-12-3-1-2-4-13(12)26-14/h1-7,14,21H,8H2,(H,19,22)/b18-7-. The van der Waals surface area contributed by atoms with Gasteiger partial charge in [-0.2, -0.15) is 5.10 Å². The van der Waals surface area contributed by atoms with E-state index in [1.165, 1.54) is 0 Å². The average molecular weight is 422 g/mol. The fourth-order valence-corrected chi connectivity index (χ4v) is 2.66. The Morgan fingerprint density at radius 3 is 2.85 bits per heavy atom. The molecule has 1 unspecified atom stereocenters. The van der Waals surface area contributed by atoms with Crippen molar-refractivity contribution in [3.63, 3.8) is 0 Å². The van der Waals surface area contributed by atoms with Gasteiger partial charge in [0.2, 0.25) is 6.10 Å². The van der Waals surface area contributed by atoms with Crippen molar-refractivity contribution in [1.82, 2.24) is 5.43 Å². The number of benzene rings is 2. The molecule has 3 rings (SSSR count). The molecule has 1 amide bonds. The first-order valence-corrected chi connectivity index (χ1v) is 8.13. The number of nitro benzene ring substituents is 1. The predicted octanol–water partition coefficient (Wildman–Crippen LogP) is 2.35. The molecule has 0 saturated heterocycles. The Labute approximate surface area is 155 Å². The van der Waals surface area contributed by atoms with Crippen molar-refractivity contribution in [2.45, 2.75) is 6.10 Å². The Kier molecular flexibility index (Phi) is 5.03. The predicted molar refractivity (Wildman–Crippen MR) is 94.6 cm³/mol. The molecule has 2 aromatic carbocycles. The van der Waals surface area contributed by atoms with Crippen LogP contribution < -0.4 is 14.9 Å². The minimum atomic E-state index is -0.896. The molecule has 0 fully saturated rings. The van der Waals surface area contributed by atoms with Gasteiger partial charge in [-0.1, -0.05) is 12.1 Å². The number of non-ortho nitro benzene ring substituents is 1. The maximum absolute atomic E-state index is 12.1. The summed E-state index contributed by atoms with van der Waals surface area (Å²) in [5, 5.41) is 24.5.